The summed E-state index contributed by atoms with van der Waals surface area (Å²) in [6.45, 7) is 0.330. The van der Waals surface area contributed by atoms with Gasteiger partial charge in [-0.25, -0.2) is 9.59 Å². The summed E-state index contributed by atoms with van der Waals surface area (Å²) in [7, 11) is 0. The van der Waals surface area contributed by atoms with Gasteiger partial charge < -0.3 is 37.4 Å². The van der Waals surface area contributed by atoms with Crippen LogP contribution in [0.4, 0.5) is 4.79 Å². The van der Waals surface area contributed by atoms with Gasteiger partial charge in [0.05, 0.1) is 19.1 Å². The van der Waals surface area contributed by atoms with Crippen LogP contribution in [0, 0.1) is 0 Å². The third-order valence-corrected chi connectivity index (χ3v) is 2.94. The molecular formula is C12H22N6O8. The Morgan fingerprint density at radius 2 is 1.50 bits per heavy atom. The molecule has 0 fully saturated rings. The molecule has 0 spiro atoms. The second-order valence-corrected chi connectivity index (χ2v) is 5.16. The summed E-state index contributed by atoms with van der Waals surface area (Å²) >= 11 is 0. The molecule has 0 rings (SSSR count). The number of aliphatic carboxylic acids is 1. The molecule has 0 saturated carbocycles. The van der Waals surface area contributed by atoms with Crippen LogP contribution in [0.1, 0.15) is 13.3 Å². The monoisotopic (exact) mass is 378 g/mol. The lowest BCUT2D eigenvalue weighted by Crippen LogP contribution is -2.59. The number of urea groups is 1. The summed E-state index contributed by atoms with van der Waals surface area (Å²) in [4.78, 5) is 56.9. The summed E-state index contributed by atoms with van der Waals surface area (Å²) in [6.07, 6.45) is -1.88. The van der Waals surface area contributed by atoms with Crippen LogP contribution in [0.3, 0.4) is 0 Å². The van der Waals surface area contributed by atoms with E-state index in [2.05, 4.69) is 0 Å². The number of aliphatic hydroxyl groups excluding tert-OH is 2. The fraction of sp³-hybridized carbons (Fsp3) is 0.583. The average Bonchev–Trinajstić information content (AvgIpc) is 2.54. The van der Waals surface area contributed by atoms with Gasteiger partial charge in [0.25, 0.3) is 11.8 Å². The van der Waals surface area contributed by atoms with Crippen LogP contribution in [0.2, 0.25) is 0 Å². The minimum absolute atomic E-state index is 0.672. The molecule has 0 aliphatic rings. The highest BCUT2D eigenvalue weighted by molar-refractivity contribution is 5.93. The highest BCUT2D eigenvalue weighted by Gasteiger charge is 2.27. The number of carboxylic acid groups (broad SMARTS) is 1. The zero-order valence-corrected chi connectivity index (χ0v) is 13.8. The van der Waals surface area contributed by atoms with E-state index >= 15 is 0 Å². The van der Waals surface area contributed by atoms with Gasteiger partial charge in [0.15, 0.2) is 6.04 Å². The molecule has 0 aliphatic carbocycles. The van der Waals surface area contributed by atoms with Crippen molar-refractivity contribution >= 4 is 29.7 Å². The lowest BCUT2D eigenvalue weighted by atomic mass is 10.2. The Morgan fingerprint density at radius 1 is 1.00 bits per heavy atom. The Labute approximate surface area is 147 Å². The van der Waals surface area contributed by atoms with Gasteiger partial charge in [-0.15, -0.1) is 0 Å². The predicted molar refractivity (Wildman–Crippen MR) is 83.7 cm³/mol. The fourth-order valence-electron chi connectivity index (χ4n) is 1.47. The van der Waals surface area contributed by atoms with Crippen molar-refractivity contribution in [3.8, 4) is 0 Å². The molecule has 4 unspecified atom stereocenters. The zero-order valence-electron chi connectivity index (χ0n) is 13.8. The Morgan fingerprint density at radius 3 is 1.92 bits per heavy atom. The standard InChI is InChI=1S/C12H22N6O8/c1-4(20)8(14)10(23)18-17-9(22)5(2-7(13)21)15-12(26)16-6(3-19)11(24)25/h4-6,8,19-20H,2-3,14H2,1H3,(H2,13,21)(H,17,22)(H,18,23)(H,24,25)(H2,15,16,26). The highest BCUT2D eigenvalue weighted by atomic mass is 16.4. The quantitative estimate of drug-likeness (QED) is 0.174. The van der Waals surface area contributed by atoms with E-state index < -0.39 is 67.0 Å². The number of amides is 5. The smallest absolute Gasteiger partial charge is 0.328 e. The average molecular weight is 378 g/mol. The molecule has 14 nitrogen and oxygen atoms in total. The molecule has 0 bridgehead atoms. The van der Waals surface area contributed by atoms with Gasteiger partial charge in [0.2, 0.25) is 5.91 Å². The van der Waals surface area contributed by atoms with Crippen LogP contribution >= 0.6 is 0 Å². The van der Waals surface area contributed by atoms with Gasteiger partial charge in [-0.05, 0) is 6.92 Å². The number of primary amides is 1. The van der Waals surface area contributed by atoms with Crippen molar-refractivity contribution in [3.63, 3.8) is 0 Å². The first kappa shape index (κ1) is 23.0. The highest BCUT2D eigenvalue weighted by Crippen LogP contribution is 1.93. The molecule has 0 aromatic rings. The lowest BCUT2D eigenvalue weighted by Gasteiger charge is -2.20. The molecule has 0 radical (unpaired) electrons. The lowest BCUT2D eigenvalue weighted by molar-refractivity contribution is -0.140. The minimum atomic E-state index is -1.64. The van der Waals surface area contributed by atoms with E-state index in [0.717, 1.165) is 0 Å². The number of rotatable bonds is 9. The Balaban J connectivity index is 4.84. The van der Waals surface area contributed by atoms with Crippen molar-refractivity contribution in [2.75, 3.05) is 6.61 Å². The van der Waals surface area contributed by atoms with Crippen molar-refractivity contribution in [2.24, 2.45) is 11.5 Å². The zero-order chi connectivity index (χ0) is 20.4. The normalized spacial score (nSPS) is 14.9. The van der Waals surface area contributed by atoms with Crippen molar-refractivity contribution in [2.45, 2.75) is 37.6 Å². The van der Waals surface area contributed by atoms with Gasteiger partial charge in [-0.2, -0.15) is 0 Å². The number of nitrogens with two attached hydrogens (primary N) is 2. The van der Waals surface area contributed by atoms with Gasteiger partial charge >= 0.3 is 12.0 Å². The van der Waals surface area contributed by atoms with Gasteiger partial charge in [-0.1, -0.05) is 0 Å². The van der Waals surface area contributed by atoms with Gasteiger partial charge in [-0.3, -0.25) is 25.2 Å². The number of hydrazine groups is 1. The number of carbonyl (C=O) groups is 5. The van der Waals surface area contributed by atoms with Crippen molar-refractivity contribution in [1.82, 2.24) is 21.5 Å². The van der Waals surface area contributed by atoms with Crippen LogP contribution in [0.25, 0.3) is 0 Å². The van der Waals surface area contributed by atoms with E-state index in [1.54, 1.807) is 0 Å². The first-order valence-electron chi connectivity index (χ1n) is 7.21. The first-order chi connectivity index (χ1) is 12.0. The molecule has 0 aromatic heterocycles. The topological polar surface area (TPSA) is 246 Å². The number of hydrogen-bond donors (Lipinski definition) is 9. The molecule has 0 saturated heterocycles. The molecule has 148 valence electrons. The largest absolute Gasteiger partial charge is 0.480 e. The Hall–Kier alpha value is -2.97. The van der Waals surface area contributed by atoms with E-state index in [9.17, 15) is 24.0 Å². The Kier molecular flexibility index (Phi) is 9.57. The van der Waals surface area contributed by atoms with Crippen LogP contribution in [-0.2, 0) is 19.2 Å². The number of carboxylic acids is 1. The second-order valence-electron chi connectivity index (χ2n) is 5.16. The summed E-state index contributed by atoms with van der Waals surface area (Å²) in [6, 6.07) is -5.73. The fourth-order valence-corrected chi connectivity index (χ4v) is 1.47. The van der Waals surface area contributed by atoms with Gasteiger partial charge in [0, 0.05) is 0 Å². The maximum Gasteiger partial charge on any atom is 0.328 e. The molecule has 0 heterocycles. The number of nitrogens with one attached hydrogen (secondary N) is 4. The SMILES string of the molecule is CC(O)C(N)C(=O)NNC(=O)C(CC(N)=O)NC(=O)NC(CO)C(=O)O. The van der Waals surface area contributed by atoms with Crippen molar-refractivity contribution in [3.05, 3.63) is 0 Å². The van der Waals surface area contributed by atoms with Crippen molar-refractivity contribution < 1.29 is 39.3 Å². The number of hydrogen-bond acceptors (Lipinski definition) is 8. The maximum absolute atomic E-state index is 12.0. The van der Waals surface area contributed by atoms with Crippen LogP contribution < -0.4 is 33.0 Å². The summed E-state index contributed by atoms with van der Waals surface area (Å²) in [5.41, 5.74) is 14.0. The molecular weight excluding hydrogens is 356 g/mol. The van der Waals surface area contributed by atoms with E-state index in [0.29, 0.717) is 0 Å². The third kappa shape index (κ3) is 8.22. The second kappa shape index (κ2) is 10.8. The van der Waals surface area contributed by atoms with E-state index in [4.69, 9.17) is 26.8 Å². The maximum atomic E-state index is 12.0. The third-order valence-electron chi connectivity index (χ3n) is 2.94. The van der Waals surface area contributed by atoms with E-state index in [1.807, 2.05) is 21.5 Å². The minimum Gasteiger partial charge on any atom is -0.480 e. The summed E-state index contributed by atoms with van der Waals surface area (Å²) in [5, 5.41) is 30.5. The number of carbonyl (C=O) groups excluding carboxylic acids is 4. The molecule has 11 N–H and O–H groups in total. The Bertz CT molecular complexity index is 554. The molecule has 4 atom stereocenters. The number of aliphatic hydroxyl groups is 2. The summed E-state index contributed by atoms with van der Waals surface area (Å²) < 4.78 is 0. The molecule has 26 heavy (non-hydrogen) atoms. The first-order valence-corrected chi connectivity index (χ1v) is 7.21. The molecule has 14 heteroatoms. The molecule has 0 aliphatic heterocycles. The van der Waals surface area contributed by atoms with Crippen molar-refractivity contribution in [1.29, 1.82) is 0 Å². The van der Waals surface area contributed by atoms with E-state index in [1.165, 1.54) is 6.92 Å². The molecule has 0 aromatic carbocycles. The predicted octanol–water partition coefficient (Wildman–Crippen LogP) is -5.17. The van der Waals surface area contributed by atoms with Crippen LogP contribution in [0.5, 0.6) is 0 Å². The van der Waals surface area contributed by atoms with E-state index in [-0.39, 0.29) is 0 Å². The summed E-state index contributed by atoms with van der Waals surface area (Å²) in [5.74, 6) is -4.52. The van der Waals surface area contributed by atoms with Crippen LogP contribution in [0.15, 0.2) is 0 Å². The van der Waals surface area contributed by atoms with Gasteiger partial charge in [0.1, 0.15) is 12.1 Å². The molecule has 5 amide bonds. The van der Waals surface area contributed by atoms with Crippen LogP contribution in [-0.4, -0.2) is 75.9 Å².